The Morgan fingerprint density at radius 3 is 1.37 bits per heavy atom. The van der Waals surface area contributed by atoms with Gasteiger partial charge in [-0.15, -0.1) is 0 Å². The van der Waals surface area contributed by atoms with Gasteiger partial charge in [-0.05, 0) is 72.8 Å². The van der Waals surface area contributed by atoms with E-state index in [1.807, 2.05) is 0 Å². The third kappa shape index (κ3) is 9.70. The van der Waals surface area contributed by atoms with Gasteiger partial charge in [-0.1, -0.05) is 12.1 Å². The summed E-state index contributed by atoms with van der Waals surface area (Å²) in [5, 5.41) is 9.35. The van der Waals surface area contributed by atoms with Gasteiger partial charge in [0.05, 0.1) is 65.8 Å². The van der Waals surface area contributed by atoms with Crippen molar-refractivity contribution in [2.75, 3.05) is 7.11 Å². The predicted octanol–water partition coefficient (Wildman–Crippen LogP) is 8.79. The molecule has 0 saturated heterocycles. The molecule has 0 amide bonds. The number of benzene rings is 6. The van der Waals surface area contributed by atoms with Gasteiger partial charge < -0.3 is 28.5 Å². The van der Waals surface area contributed by atoms with Gasteiger partial charge in [-0.25, -0.2) is 35.9 Å². The largest absolute Gasteiger partial charge is 0.478 e. The van der Waals surface area contributed by atoms with Gasteiger partial charge in [0.25, 0.3) is 11.1 Å². The van der Waals surface area contributed by atoms with Crippen molar-refractivity contribution in [1.29, 1.82) is 0 Å². The Morgan fingerprint density at radius 1 is 0.556 bits per heavy atom. The molecule has 0 fully saturated rings. The Hall–Kier alpha value is -8.28. The molecule has 0 unspecified atom stereocenters. The first-order valence-corrected chi connectivity index (χ1v) is 18.3. The summed E-state index contributed by atoms with van der Waals surface area (Å²) in [4.78, 5) is 54.8. The van der Waals surface area contributed by atoms with E-state index in [-0.39, 0.29) is 63.4 Å². The van der Waals surface area contributed by atoms with E-state index in [9.17, 15) is 45.5 Å². The van der Waals surface area contributed by atoms with Crippen LogP contribution >= 0.6 is 0 Å². The molecule has 8 aromatic rings. The monoisotopic (exact) mass is 866 g/mol. The number of halogens is 6. The number of hydrogen-bond acceptors (Lipinski definition) is 9. The van der Waals surface area contributed by atoms with Gasteiger partial charge in [0.2, 0.25) is 0 Å². The van der Waals surface area contributed by atoms with Crippen LogP contribution in [0, 0.1) is 34.9 Å². The summed E-state index contributed by atoms with van der Waals surface area (Å²) in [6.45, 7) is -0.619. The average molecular weight is 867 g/mol. The number of fused-ring (bicyclic) bond motifs is 2. The number of rotatable bonds is 10. The number of ether oxygens (including phenoxy) is 3. The van der Waals surface area contributed by atoms with Crippen LogP contribution in [-0.2, 0) is 17.8 Å². The number of nitrogens with zero attached hydrogens (tertiary/aromatic N) is 4. The van der Waals surface area contributed by atoms with E-state index in [4.69, 9.17) is 14.6 Å². The van der Waals surface area contributed by atoms with Crippen LogP contribution in [0.15, 0.2) is 131 Å². The number of esters is 1. The number of carbonyl (C=O) groups excluding carboxylic acids is 1. The summed E-state index contributed by atoms with van der Waals surface area (Å²) in [5.74, 6) is -6.77. The Morgan fingerprint density at radius 2 is 0.952 bits per heavy atom. The van der Waals surface area contributed by atoms with Crippen molar-refractivity contribution >= 4 is 33.7 Å². The molecule has 12 nitrogen and oxygen atoms in total. The minimum atomic E-state index is -1.11. The molecule has 0 atom stereocenters. The van der Waals surface area contributed by atoms with Crippen molar-refractivity contribution in [3.63, 3.8) is 0 Å². The van der Waals surface area contributed by atoms with Crippen LogP contribution in [0.2, 0.25) is 0 Å². The zero-order chi connectivity index (χ0) is 44.9. The minimum Gasteiger partial charge on any atom is -0.478 e. The van der Waals surface area contributed by atoms with Gasteiger partial charge in [0, 0.05) is 35.4 Å². The summed E-state index contributed by atoms with van der Waals surface area (Å²) < 4.78 is 101. The summed E-state index contributed by atoms with van der Waals surface area (Å²) in [6, 6.07) is 23.4. The van der Waals surface area contributed by atoms with Crippen LogP contribution in [-0.4, -0.2) is 43.3 Å². The fourth-order valence-electron chi connectivity index (χ4n) is 6.32. The molecule has 0 aliphatic carbocycles. The molecule has 0 saturated carbocycles. The average Bonchev–Trinajstić information content (AvgIpc) is 3.25. The van der Waals surface area contributed by atoms with Gasteiger partial charge in [-0.2, -0.15) is 9.97 Å². The number of carboxylic acid groups (broad SMARTS) is 1. The lowest BCUT2D eigenvalue weighted by Crippen LogP contribution is -2.14. The van der Waals surface area contributed by atoms with Crippen LogP contribution in [0.3, 0.4) is 0 Å². The molecule has 0 bridgehead atoms. The number of methoxy groups -OCH3 is 1. The van der Waals surface area contributed by atoms with E-state index >= 15 is 0 Å². The van der Waals surface area contributed by atoms with E-state index in [1.165, 1.54) is 70.8 Å². The van der Waals surface area contributed by atoms with Gasteiger partial charge in [0.15, 0.2) is 0 Å². The first-order valence-electron chi connectivity index (χ1n) is 18.3. The minimum absolute atomic E-state index is 0.0330. The number of aromatic carboxylic acids is 1. The van der Waals surface area contributed by atoms with Crippen LogP contribution in [0.1, 0.15) is 31.8 Å². The van der Waals surface area contributed by atoms with Gasteiger partial charge in [-0.3, -0.25) is 9.59 Å². The topological polar surface area (TPSA) is 152 Å². The zero-order valence-electron chi connectivity index (χ0n) is 32.3. The van der Waals surface area contributed by atoms with E-state index < -0.39 is 58.0 Å². The molecule has 2 aromatic heterocycles. The van der Waals surface area contributed by atoms with Crippen molar-refractivity contribution < 1.29 is 55.2 Å². The fraction of sp³-hybridized carbons (Fsp3) is 0.0667. The first kappa shape index (κ1) is 42.8. The molecule has 8 rings (SSSR count). The van der Waals surface area contributed by atoms with Crippen LogP contribution in [0.5, 0.6) is 23.0 Å². The van der Waals surface area contributed by atoms with E-state index in [2.05, 4.69) is 14.7 Å². The SMILES string of the molecule is COC(=O)c1cccc(Oc2ccc3c(c2)c(=O)ncn3Cc2c(F)cc(F)cc2F)c1.O=C(O)c1cccc(Oc2ccc3c(c2)c(=O)ncn3Cc2c(F)cc(F)cc2F)c1. The molecular formula is C45H28F6N4O8. The molecule has 2 heterocycles. The highest BCUT2D eigenvalue weighted by molar-refractivity contribution is 5.90. The van der Waals surface area contributed by atoms with Crippen molar-refractivity contribution in [3.8, 4) is 23.0 Å². The van der Waals surface area contributed by atoms with Gasteiger partial charge >= 0.3 is 11.9 Å². The van der Waals surface area contributed by atoms with Crippen molar-refractivity contribution in [2.24, 2.45) is 0 Å². The normalized spacial score (nSPS) is 10.9. The summed E-state index contributed by atoms with van der Waals surface area (Å²) in [5.41, 5.74) is -0.888. The lowest BCUT2D eigenvalue weighted by Gasteiger charge is -2.13. The first-order chi connectivity index (χ1) is 30.2. The molecule has 0 radical (unpaired) electrons. The second-order valence-electron chi connectivity index (χ2n) is 13.5. The van der Waals surface area contributed by atoms with Crippen molar-refractivity contribution in [3.05, 3.63) is 200 Å². The summed E-state index contributed by atoms with van der Waals surface area (Å²) >= 11 is 0. The Balaban J connectivity index is 0.000000189. The standard InChI is InChI=1S/C23H15F3N2O4.C22H13F3N2O4/c1-31-23(30)13-3-2-4-15(7-13)32-16-5-6-21-17(10-16)22(29)27-12-28(21)11-18-19(25)8-14(24)9-20(18)26;23-13-7-18(24)17(19(25)8-13)10-27-11-26-21(28)16-9-15(4-5-20(16)27)31-14-3-1-2-12(6-14)22(29)30/h2-10,12H,11H2,1H3;1-9,11H,10H2,(H,29,30). The maximum atomic E-state index is 14.1. The number of carboxylic acids is 1. The molecule has 0 aliphatic rings. The Kier molecular flexibility index (Phi) is 12.3. The molecule has 6 aromatic carbocycles. The fourth-order valence-corrected chi connectivity index (χ4v) is 6.32. The zero-order valence-corrected chi connectivity index (χ0v) is 32.3. The van der Waals surface area contributed by atoms with Crippen molar-refractivity contribution in [2.45, 2.75) is 13.1 Å². The Bertz CT molecular complexity index is 3170. The van der Waals surface area contributed by atoms with Crippen LogP contribution in [0.25, 0.3) is 21.8 Å². The molecule has 1 N–H and O–H groups in total. The third-order valence-electron chi connectivity index (χ3n) is 9.32. The van der Waals surface area contributed by atoms with Crippen LogP contribution in [0.4, 0.5) is 26.3 Å². The number of carbonyl (C=O) groups is 2. The third-order valence-corrected chi connectivity index (χ3v) is 9.32. The lowest BCUT2D eigenvalue weighted by atomic mass is 10.1. The maximum absolute atomic E-state index is 14.1. The second kappa shape index (κ2) is 18.1. The number of hydrogen-bond donors (Lipinski definition) is 1. The molecule has 18 heteroatoms. The number of aromatic nitrogens is 4. The predicted molar refractivity (Wildman–Crippen MR) is 214 cm³/mol. The highest BCUT2D eigenvalue weighted by atomic mass is 19.2. The van der Waals surface area contributed by atoms with Gasteiger partial charge in [0.1, 0.15) is 57.9 Å². The van der Waals surface area contributed by atoms with E-state index in [1.54, 1.807) is 30.3 Å². The second-order valence-corrected chi connectivity index (χ2v) is 13.5. The quantitative estimate of drug-likeness (QED) is 0.104. The molecule has 0 aliphatic heterocycles. The van der Waals surface area contributed by atoms with E-state index in [0.717, 1.165) is 12.7 Å². The smallest absolute Gasteiger partial charge is 0.337 e. The van der Waals surface area contributed by atoms with E-state index in [0.29, 0.717) is 41.0 Å². The highest BCUT2D eigenvalue weighted by Gasteiger charge is 2.17. The molecule has 0 spiro atoms. The molecular weight excluding hydrogens is 839 g/mol. The van der Waals surface area contributed by atoms with Crippen LogP contribution < -0.4 is 20.6 Å². The maximum Gasteiger partial charge on any atom is 0.337 e. The molecule has 318 valence electrons. The Labute approximate surface area is 350 Å². The van der Waals surface area contributed by atoms with Crippen molar-refractivity contribution in [1.82, 2.24) is 19.1 Å². The highest BCUT2D eigenvalue weighted by Crippen LogP contribution is 2.28. The summed E-state index contributed by atoms with van der Waals surface area (Å²) in [7, 11) is 1.26. The molecule has 63 heavy (non-hydrogen) atoms. The lowest BCUT2D eigenvalue weighted by molar-refractivity contribution is 0.0599. The summed E-state index contributed by atoms with van der Waals surface area (Å²) in [6.07, 6.45) is 2.30.